The highest BCUT2D eigenvalue weighted by Gasteiger charge is 2.28. The van der Waals surface area contributed by atoms with E-state index in [4.69, 9.17) is 15.8 Å². The van der Waals surface area contributed by atoms with Gasteiger partial charge in [-0.25, -0.2) is 17.6 Å². The molecule has 0 amide bonds. The van der Waals surface area contributed by atoms with Crippen molar-refractivity contribution in [1.82, 2.24) is 0 Å². The Morgan fingerprint density at radius 1 is 0.600 bits per heavy atom. The van der Waals surface area contributed by atoms with Gasteiger partial charge in [-0.15, -0.1) is 0 Å². The quantitative estimate of drug-likeness (QED) is 0.525. The topological polar surface area (TPSA) is 143 Å². The van der Waals surface area contributed by atoms with Gasteiger partial charge in [0.25, 0.3) is 0 Å². The second-order valence-corrected chi connectivity index (χ2v) is 5.37. The number of nitriles is 6. The summed E-state index contributed by atoms with van der Waals surface area (Å²) in [6, 6.07) is 10.1. The van der Waals surface area contributed by atoms with Crippen molar-refractivity contribution < 1.29 is 17.6 Å². The van der Waals surface area contributed by atoms with E-state index in [1.165, 1.54) is 18.2 Å². The molecule has 0 aliphatic rings. The second kappa shape index (κ2) is 8.24. The molecule has 0 aromatic heterocycles. The zero-order valence-electron chi connectivity index (χ0n) is 14.3. The van der Waals surface area contributed by atoms with Crippen LogP contribution in [0.25, 0.3) is 11.1 Å². The summed E-state index contributed by atoms with van der Waals surface area (Å²) in [5.74, 6) is -8.18. The summed E-state index contributed by atoms with van der Waals surface area (Å²) in [5, 5.41) is 53.8. The van der Waals surface area contributed by atoms with Crippen molar-refractivity contribution >= 4 is 11.1 Å². The Hall–Kier alpha value is -5.16. The molecular weight excluding hydrogens is 400 g/mol. The lowest BCUT2D eigenvalue weighted by atomic mass is 9.95. The van der Waals surface area contributed by atoms with Crippen LogP contribution in [0.1, 0.15) is 22.3 Å². The van der Waals surface area contributed by atoms with Gasteiger partial charge in [-0.2, -0.15) is 31.6 Å². The smallest absolute Gasteiger partial charge is 0.180 e. The van der Waals surface area contributed by atoms with E-state index < -0.39 is 61.9 Å². The largest absolute Gasteiger partial charge is 0.203 e. The fraction of sp³-hybridized carbons (Fsp3) is 0. The summed E-state index contributed by atoms with van der Waals surface area (Å²) < 4.78 is 56.8. The van der Waals surface area contributed by atoms with Crippen molar-refractivity contribution in [3.05, 3.63) is 68.1 Å². The molecular formula is C20H2F4N6. The van der Waals surface area contributed by atoms with Crippen molar-refractivity contribution in [2.75, 3.05) is 0 Å². The molecule has 30 heavy (non-hydrogen) atoms. The number of rotatable bonds is 1. The van der Waals surface area contributed by atoms with Gasteiger partial charge in [-0.3, -0.25) is 0 Å². The SMILES string of the molecule is N#CC(C#N)=c1cc(C#N)/c(=C(\C#N)c2c(F)c(F)c(C#N)c(F)c2F)cc1C#N. The predicted octanol–water partition coefficient (Wildman–Crippen LogP) is 1.78. The Bertz CT molecular complexity index is 1450. The van der Waals surface area contributed by atoms with Crippen LogP contribution in [0.2, 0.25) is 0 Å². The van der Waals surface area contributed by atoms with Gasteiger partial charge in [0.2, 0.25) is 0 Å². The van der Waals surface area contributed by atoms with Crippen molar-refractivity contribution in [3.8, 4) is 36.4 Å². The first-order chi connectivity index (χ1) is 14.3. The van der Waals surface area contributed by atoms with Gasteiger partial charge >= 0.3 is 0 Å². The maximum Gasteiger partial charge on any atom is 0.180 e. The minimum atomic E-state index is -2.05. The molecule has 2 rings (SSSR count). The Labute approximate surface area is 165 Å². The molecule has 0 radical (unpaired) electrons. The first kappa shape index (κ1) is 21.1. The van der Waals surface area contributed by atoms with E-state index in [-0.39, 0.29) is 5.22 Å². The van der Waals surface area contributed by atoms with E-state index in [1.807, 2.05) is 0 Å². The third-order valence-electron chi connectivity index (χ3n) is 3.90. The maximum atomic E-state index is 14.4. The highest BCUT2D eigenvalue weighted by Crippen LogP contribution is 2.27. The third kappa shape index (κ3) is 3.15. The average molecular weight is 402 g/mol. The Balaban J connectivity index is 3.25. The maximum absolute atomic E-state index is 14.4. The predicted molar refractivity (Wildman–Crippen MR) is 88.9 cm³/mol. The molecule has 0 N–H and O–H groups in total. The highest BCUT2D eigenvalue weighted by molar-refractivity contribution is 5.80. The molecule has 0 aliphatic carbocycles. The lowest BCUT2D eigenvalue weighted by Gasteiger charge is -2.08. The number of benzene rings is 2. The number of nitrogens with zero attached hydrogens (tertiary/aromatic N) is 6. The molecule has 2 aromatic rings. The molecule has 2 aromatic carbocycles. The molecule has 0 atom stereocenters. The minimum Gasteiger partial charge on any atom is -0.203 e. The van der Waals surface area contributed by atoms with Crippen LogP contribution in [0.5, 0.6) is 0 Å². The van der Waals surface area contributed by atoms with E-state index in [1.54, 1.807) is 12.1 Å². The van der Waals surface area contributed by atoms with Crippen molar-refractivity contribution in [1.29, 1.82) is 31.6 Å². The highest BCUT2D eigenvalue weighted by atomic mass is 19.2. The molecule has 10 heteroatoms. The zero-order valence-corrected chi connectivity index (χ0v) is 14.3. The second-order valence-electron chi connectivity index (χ2n) is 5.37. The van der Waals surface area contributed by atoms with Crippen LogP contribution in [-0.4, -0.2) is 0 Å². The number of hydrogen-bond acceptors (Lipinski definition) is 6. The number of halogens is 4. The van der Waals surface area contributed by atoms with Gasteiger partial charge in [0.1, 0.15) is 35.4 Å². The normalized spacial score (nSPS) is 10.3. The van der Waals surface area contributed by atoms with Crippen molar-refractivity contribution in [3.63, 3.8) is 0 Å². The summed E-state index contributed by atoms with van der Waals surface area (Å²) in [5.41, 5.74) is -5.53. The van der Waals surface area contributed by atoms with Crippen LogP contribution < -0.4 is 10.4 Å². The fourth-order valence-corrected chi connectivity index (χ4v) is 2.54. The van der Waals surface area contributed by atoms with Crippen LogP contribution >= 0.6 is 0 Å². The molecule has 140 valence electrons. The molecule has 0 fully saturated rings. The lowest BCUT2D eigenvalue weighted by molar-refractivity contribution is 0.447. The molecule has 0 aliphatic heterocycles. The van der Waals surface area contributed by atoms with E-state index in [0.717, 1.165) is 18.2 Å². The van der Waals surface area contributed by atoms with Crippen molar-refractivity contribution in [2.45, 2.75) is 0 Å². The Kier molecular flexibility index (Phi) is 5.81. The summed E-state index contributed by atoms with van der Waals surface area (Å²) >= 11 is 0. The monoisotopic (exact) mass is 402 g/mol. The van der Waals surface area contributed by atoms with Crippen LogP contribution in [0.3, 0.4) is 0 Å². The third-order valence-corrected chi connectivity index (χ3v) is 3.90. The van der Waals surface area contributed by atoms with Gasteiger partial charge < -0.3 is 0 Å². The lowest BCUT2D eigenvalue weighted by Crippen LogP contribution is -2.22. The average Bonchev–Trinajstić information content (AvgIpc) is 2.76. The minimum absolute atomic E-state index is 0.279. The first-order valence-electron chi connectivity index (χ1n) is 7.50. The van der Waals surface area contributed by atoms with Gasteiger partial charge in [-0.1, -0.05) is 0 Å². The van der Waals surface area contributed by atoms with Gasteiger partial charge in [-0.05, 0) is 12.1 Å². The molecule has 0 saturated heterocycles. The standard InChI is InChI=1S/C20H2F4N6/c21-17-15(8-30)18(22)20(24)16(19(17)23)14(7-29)13-2-9(3-25)12(1-10(13)4-26)11(5-27)6-28/h1-2H/b14-13+. The van der Waals surface area contributed by atoms with Crippen LogP contribution in [0.4, 0.5) is 17.6 Å². The molecule has 6 nitrogen and oxygen atoms in total. The summed E-state index contributed by atoms with van der Waals surface area (Å²) in [7, 11) is 0. The summed E-state index contributed by atoms with van der Waals surface area (Å²) in [6.45, 7) is 0. The summed E-state index contributed by atoms with van der Waals surface area (Å²) in [4.78, 5) is 0. The molecule has 0 heterocycles. The van der Waals surface area contributed by atoms with Gasteiger partial charge in [0, 0.05) is 10.4 Å². The Morgan fingerprint density at radius 3 is 1.47 bits per heavy atom. The van der Waals surface area contributed by atoms with Crippen LogP contribution in [-0.2, 0) is 0 Å². The Morgan fingerprint density at radius 2 is 1.07 bits per heavy atom. The van der Waals surface area contributed by atoms with Gasteiger partial charge in [0.05, 0.1) is 34.4 Å². The van der Waals surface area contributed by atoms with Crippen LogP contribution in [0.15, 0.2) is 12.1 Å². The van der Waals surface area contributed by atoms with Gasteiger partial charge in [0.15, 0.2) is 23.3 Å². The molecule has 0 saturated carbocycles. The molecule has 0 spiro atoms. The van der Waals surface area contributed by atoms with Crippen molar-refractivity contribution in [2.24, 2.45) is 0 Å². The number of hydrogen-bond donors (Lipinski definition) is 0. The van der Waals surface area contributed by atoms with E-state index in [0.29, 0.717) is 0 Å². The summed E-state index contributed by atoms with van der Waals surface area (Å²) in [6.07, 6.45) is 0. The van der Waals surface area contributed by atoms with Crippen LogP contribution in [0, 0.1) is 91.3 Å². The molecule has 0 unspecified atom stereocenters. The van der Waals surface area contributed by atoms with E-state index in [2.05, 4.69) is 0 Å². The first-order valence-corrected chi connectivity index (χ1v) is 7.50. The fourth-order valence-electron chi connectivity index (χ4n) is 2.54. The molecule has 0 bridgehead atoms. The zero-order chi connectivity index (χ0) is 22.6. The van der Waals surface area contributed by atoms with E-state index >= 15 is 0 Å². The van der Waals surface area contributed by atoms with E-state index in [9.17, 15) is 33.3 Å².